The van der Waals surface area contributed by atoms with Crippen LogP contribution in [0.15, 0.2) is 0 Å². The molecule has 2 heteroatoms. The summed E-state index contributed by atoms with van der Waals surface area (Å²) in [5, 5.41) is 1.61. The number of hydrogen-bond acceptors (Lipinski definition) is 2. The van der Waals surface area contributed by atoms with Gasteiger partial charge < -0.3 is 5.73 Å². The smallest absolute Gasteiger partial charge is 0.0328 e. The Labute approximate surface area is 49.9 Å². The van der Waals surface area contributed by atoms with E-state index in [4.69, 9.17) is 5.73 Å². The van der Waals surface area contributed by atoms with E-state index in [2.05, 4.69) is 19.1 Å². The summed E-state index contributed by atoms with van der Waals surface area (Å²) in [7, 11) is 0. The van der Waals surface area contributed by atoms with Crippen molar-refractivity contribution in [2.24, 2.45) is 5.73 Å². The van der Waals surface area contributed by atoms with Gasteiger partial charge in [0, 0.05) is 6.04 Å². The van der Waals surface area contributed by atoms with E-state index < -0.39 is 0 Å². The fourth-order valence-corrected chi connectivity index (χ4v) is 0.537. The Balaban J connectivity index is 2.98. The first kappa shape index (κ1) is 7.05. The molecule has 0 radical (unpaired) electrons. The van der Waals surface area contributed by atoms with Gasteiger partial charge in [-0.1, -0.05) is 25.6 Å². The minimum atomic E-state index is 0.139. The zero-order valence-corrected chi connectivity index (χ0v) is 5.37. The van der Waals surface area contributed by atoms with Crippen LogP contribution in [0.2, 0.25) is 0 Å². The van der Waals surface area contributed by atoms with E-state index in [9.17, 15) is 0 Å². The van der Waals surface area contributed by atoms with Crippen molar-refractivity contribution in [1.82, 2.24) is 0 Å². The van der Waals surface area contributed by atoms with Gasteiger partial charge in [0.2, 0.25) is 0 Å². The van der Waals surface area contributed by atoms with Gasteiger partial charge in [0.05, 0.1) is 0 Å². The van der Waals surface area contributed by atoms with E-state index in [1.807, 2.05) is 0 Å². The van der Waals surface area contributed by atoms with Gasteiger partial charge in [-0.2, -0.15) is 0 Å². The van der Waals surface area contributed by atoms with Crippen LogP contribution < -0.4 is 5.73 Å². The third kappa shape index (κ3) is 3.89. The first-order valence-corrected chi connectivity index (χ1v) is 2.99. The van der Waals surface area contributed by atoms with Crippen molar-refractivity contribution in [3.8, 4) is 0 Å². The van der Waals surface area contributed by atoms with Gasteiger partial charge in [0.25, 0.3) is 0 Å². The van der Waals surface area contributed by atoms with Crippen LogP contribution in [-0.2, 0) is 0 Å². The summed E-state index contributed by atoms with van der Waals surface area (Å²) in [5.74, 6) is 0. The molecule has 42 valence electrons. The van der Waals surface area contributed by atoms with Crippen LogP contribution in [0.5, 0.6) is 0 Å². The van der Waals surface area contributed by atoms with Crippen molar-refractivity contribution in [3.05, 3.63) is 0 Å². The molecule has 7 heavy (non-hydrogen) atoms. The molecule has 0 spiro atoms. The molecule has 1 unspecified atom stereocenters. The summed E-state index contributed by atoms with van der Waals surface area (Å²) in [4.78, 5) is 0. The van der Waals surface area contributed by atoms with Crippen molar-refractivity contribution in [2.75, 3.05) is 0 Å². The fourth-order valence-electron chi connectivity index (χ4n) is 0.401. The highest BCUT2D eigenvalue weighted by Crippen LogP contribution is 1.88. The van der Waals surface area contributed by atoms with Gasteiger partial charge in [0.1, 0.15) is 0 Å². The molecule has 0 bridgehead atoms. The first-order chi connectivity index (χ1) is 3.31. The Bertz CT molecular complexity index is 54.0. The van der Waals surface area contributed by atoms with Crippen LogP contribution in [0.1, 0.15) is 19.8 Å². The standard InChI is InChI=1S/C5H11NS/c1-2-3-5(6)4-7/h4-5H,2-3,6H2,1H3. The van der Waals surface area contributed by atoms with E-state index in [0.717, 1.165) is 12.8 Å². The average molecular weight is 117 g/mol. The molecule has 1 nitrogen and oxygen atoms in total. The van der Waals surface area contributed by atoms with E-state index in [1.54, 1.807) is 5.37 Å². The molecule has 0 aromatic heterocycles. The lowest BCUT2D eigenvalue weighted by Crippen LogP contribution is -2.19. The molecule has 0 amide bonds. The van der Waals surface area contributed by atoms with Crippen molar-refractivity contribution in [1.29, 1.82) is 0 Å². The first-order valence-electron chi connectivity index (χ1n) is 2.52. The Morgan fingerprint density at radius 3 is 2.57 bits per heavy atom. The van der Waals surface area contributed by atoms with Crippen LogP contribution >= 0.6 is 12.2 Å². The monoisotopic (exact) mass is 117 g/mol. The molecule has 0 aliphatic heterocycles. The molecule has 2 N–H and O–H groups in total. The molecule has 1 atom stereocenters. The Kier molecular flexibility index (Phi) is 4.25. The molecule has 0 saturated carbocycles. The van der Waals surface area contributed by atoms with Crippen molar-refractivity contribution in [3.63, 3.8) is 0 Å². The van der Waals surface area contributed by atoms with Gasteiger partial charge >= 0.3 is 0 Å². The molecular formula is C5H11NS. The average Bonchev–Trinajstić information content (AvgIpc) is 1.68. The van der Waals surface area contributed by atoms with E-state index in [1.165, 1.54) is 0 Å². The second-order valence-electron chi connectivity index (χ2n) is 1.59. The van der Waals surface area contributed by atoms with Crippen LogP contribution in [0.3, 0.4) is 0 Å². The largest absolute Gasteiger partial charge is 0.324 e. The third-order valence-electron chi connectivity index (χ3n) is 0.797. The van der Waals surface area contributed by atoms with Crippen LogP contribution in [0.4, 0.5) is 0 Å². The van der Waals surface area contributed by atoms with E-state index >= 15 is 0 Å². The summed E-state index contributed by atoms with van der Waals surface area (Å²) in [5.41, 5.74) is 5.42. The molecule has 0 aliphatic carbocycles. The second kappa shape index (κ2) is 4.22. The summed E-state index contributed by atoms with van der Waals surface area (Å²) in [6, 6.07) is 0.139. The molecular weight excluding hydrogens is 106 g/mol. The predicted octanol–water partition coefficient (Wildman–Crippen LogP) is 1.11. The highest BCUT2D eigenvalue weighted by atomic mass is 32.1. The number of nitrogens with two attached hydrogens (primary N) is 1. The molecule has 0 saturated heterocycles. The highest BCUT2D eigenvalue weighted by molar-refractivity contribution is 7.79. The van der Waals surface area contributed by atoms with Gasteiger partial charge in [-0.15, -0.1) is 0 Å². The topological polar surface area (TPSA) is 26.0 Å². The Hall–Kier alpha value is 0.0500. The SMILES string of the molecule is CCCC(N)C=S. The minimum Gasteiger partial charge on any atom is -0.324 e. The van der Waals surface area contributed by atoms with Gasteiger partial charge in [-0.05, 0) is 11.8 Å². The highest BCUT2D eigenvalue weighted by Gasteiger charge is 1.90. The molecule has 0 heterocycles. The second-order valence-corrected chi connectivity index (χ2v) is 1.86. The van der Waals surface area contributed by atoms with Crippen LogP contribution in [0.25, 0.3) is 0 Å². The number of hydrogen-bond donors (Lipinski definition) is 1. The lowest BCUT2D eigenvalue weighted by molar-refractivity contribution is 0.745. The maximum atomic E-state index is 5.42. The fraction of sp³-hybridized carbons (Fsp3) is 0.800. The van der Waals surface area contributed by atoms with Crippen molar-refractivity contribution >= 4 is 17.6 Å². The number of thiocarbonyl (C=S) groups is 1. The van der Waals surface area contributed by atoms with E-state index in [0.29, 0.717) is 0 Å². The van der Waals surface area contributed by atoms with Crippen molar-refractivity contribution in [2.45, 2.75) is 25.8 Å². The molecule has 0 aromatic carbocycles. The number of rotatable bonds is 3. The Morgan fingerprint density at radius 1 is 1.86 bits per heavy atom. The maximum Gasteiger partial charge on any atom is 0.0328 e. The van der Waals surface area contributed by atoms with Crippen LogP contribution in [0, 0.1) is 0 Å². The molecule has 0 aliphatic rings. The van der Waals surface area contributed by atoms with E-state index in [-0.39, 0.29) is 6.04 Å². The van der Waals surface area contributed by atoms with Gasteiger partial charge in [-0.25, -0.2) is 0 Å². The zero-order chi connectivity index (χ0) is 5.70. The molecule has 0 rings (SSSR count). The van der Waals surface area contributed by atoms with Crippen molar-refractivity contribution < 1.29 is 0 Å². The van der Waals surface area contributed by atoms with Gasteiger partial charge in [-0.3, -0.25) is 0 Å². The minimum absolute atomic E-state index is 0.139. The summed E-state index contributed by atoms with van der Waals surface area (Å²) >= 11 is 4.59. The summed E-state index contributed by atoms with van der Waals surface area (Å²) in [6.07, 6.45) is 2.14. The summed E-state index contributed by atoms with van der Waals surface area (Å²) < 4.78 is 0. The predicted molar refractivity (Wildman–Crippen MR) is 36.5 cm³/mol. The lowest BCUT2D eigenvalue weighted by atomic mass is 10.2. The normalized spacial score (nSPS) is 13.4. The molecule has 0 aromatic rings. The molecule has 0 fully saturated rings. The maximum absolute atomic E-state index is 5.42. The zero-order valence-electron chi connectivity index (χ0n) is 4.55. The Morgan fingerprint density at radius 2 is 2.43 bits per heavy atom. The lowest BCUT2D eigenvalue weighted by Gasteiger charge is -1.97. The summed E-state index contributed by atoms with van der Waals surface area (Å²) in [6.45, 7) is 2.10. The van der Waals surface area contributed by atoms with Crippen LogP contribution in [-0.4, -0.2) is 11.4 Å². The quantitative estimate of drug-likeness (QED) is 0.560. The third-order valence-corrected chi connectivity index (χ3v) is 1.15. The van der Waals surface area contributed by atoms with Gasteiger partial charge in [0.15, 0.2) is 0 Å².